The van der Waals surface area contributed by atoms with E-state index in [-0.39, 0.29) is 23.5 Å². The van der Waals surface area contributed by atoms with Gasteiger partial charge in [-0.15, -0.1) is 0 Å². The molecule has 1 unspecified atom stereocenters. The number of halogens is 2. The van der Waals surface area contributed by atoms with Gasteiger partial charge in [0, 0.05) is 28.7 Å². The summed E-state index contributed by atoms with van der Waals surface area (Å²) in [4.78, 5) is 14.1. The van der Waals surface area contributed by atoms with Gasteiger partial charge in [0.05, 0.1) is 11.5 Å². The lowest BCUT2D eigenvalue weighted by atomic mass is 10.1. The van der Waals surface area contributed by atoms with Gasteiger partial charge in [0.15, 0.2) is 9.84 Å². The average molecular weight is 376 g/mol. The molecule has 0 saturated carbocycles. The Hall–Kier alpha value is -1.04. The summed E-state index contributed by atoms with van der Waals surface area (Å²) in [7, 11) is -3.02. The van der Waals surface area contributed by atoms with E-state index in [1.165, 1.54) is 6.08 Å². The maximum Gasteiger partial charge on any atom is 0.246 e. The standard InChI is InChI=1S/C16H19Cl2NO3S/c1-2-8-19(14-7-9-23(21,22)11-14)16(20)6-4-12-3-5-13(17)10-15(12)18/h3-6,10,14H,2,7-9,11H2,1H3/b6-4+. The minimum atomic E-state index is -3.02. The van der Waals surface area contributed by atoms with Gasteiger partial charge in [0.1, 0.15) is 0 Å². The van der Waals surface area contributed by atoms with Crippen molar-refractivity contribution in [1.29, 1.82) is 0 Å². The first-order valence-electron chi connectivity index (χ1n) is 7.46. The van der Waals surface area contributed by atoms with E-state index in [0.29, 0.717) is 28.6 Å². The molecule has 23 heavy (non-hydrogen) atoms. The second kappa shape index (κ2) is 7.69. The van der Waals surface area contributed by atoms with Crippen molar-refractivity contribution in [2.24, 2.45) is 0 Å². The van der Waals surface area contributed by atoms with E-state index < -0.39 is 9.84 Å². The van der Waals surface area contributed by atoms with Crippen LogP contribution >= 0.6 is 23.2 Å². The molecule has 1 aromatic carbocycles. The Bertz CT molecular complexity index is 716. The third-order valence-electron chi connectivity index (χ3n) is 3.76. The van der Waals surface area contributed by atoms with Gasteiger partial charge in [0.2, 0.25) is 5.91 Å². The Balaban J connectivity index is 2.13. The molecule has 0 spiro atoms. The molecule has 1 saturated heterocycles. The molecule has 1 fully saturated rings. The van der Waals surface area contributed by atoms with Crippen molar-refractivity contribution in [2.75, 3.05) is 18.1 Å². The summed E-state index contributed by atoms with van der Waals surface area (Å²) in [6.07, 6.45) is 4.35. The fraction of sp³-hybridized carbons (Fsp3) is 0.438. The van der Waals surface area contributed by atoms with Gasteiger partial charge in [-0.1, -0.05) is 36.2 Å². The van der Waals surface area contributed by atoms with E-state index in [4.69, 9.17) is 23.2 Å². The first-order chi connectivity index (χ1) is 10.8. The Morgan fingerprint density at radius 1 is 1.39 bits per heavy atom. The van der Waals surface area contributed by atoms with Crippen molar-refractivity contribution in [2.45, 2.75) is 25.8 Å². The Morgan fingerprint density at radius 3 is 2.70 bits per heavy atom. The second-order valence-corrected chi connectivity index (χ2v) is 8.66. The molecule has 0 bridgehead atoms. The van der Waals surface area contributed by atoms with Gasteiger partial charge in [0.25, 0.3) is 0 Å². The smallest absolute Gasteiger partial charge is 0.246 e. The fourth-order valence-corrected chi connectivity index (χ4v) is 4.83. The first-order valence-corrected chi connectivity index (χ1v) is 10.0. The predicted octanol–water partition coefficient (Wildman–Crippen LogP) is 3.43. The van der Waals surface area contributed by atoms with Crippen LogP contribution in [0.4, 0.5) is 0 Å². The lowest BCUT2D eigenvalue weighted by Gasteiger charge is -2.26. The monoisotopic (exact) mass is 375 g/mol. The summed E-state index contributed by atoms with van der Waals surface area (Å²) < 4.78 is 23.3. The number of rotatable bonds is 5. The second-order valence-electron chi connectivity index (χ2n) is 5.59. The lowest BCUT2D eigenvalue weighted by Crippen LogP contribution is -2.40. The number of hydrogen-bond acceptors (Lipinski definition) is 3. The van der Waals surface area contributed by atoms with E-state index in [9.17, 15) is 13.2 Å². The molecular formula is C16H19Cl2NO3S. The highest BCUT2D eigenvalue weighted by Gasteiger charge is 2.33. The molecular weight excluding hydrogens is 357 g/mol. The van der Waals surface area contributed by atoms with E-state index in [2.05, 4.69) is 0 Å². The normalized spacial score (nSPS) is 20.0. The number of benzene rings is 1. The fourth-order valence-electron chi connectivity index (χ4n) is 2.63. The third-order valence-corrected chi connectivity index (χ3v) is 6.08. The van der Waals surface area contributed by atoms with E-state index in [1.807, 2.05) is 6.92 Å². The van der Waals surface area contributed by atoms with Gasteiger partial charge in [-0.25, -0.2) is 8.42 Å². The number of hydrogen-bond donors (Lipinski definition) is 0. The highest BCUT2D eigenvalue weighted by Crippen LogP contribution is 2.23. The number of sulfone groups is 1. The van der Waals surface area contributed by atoms with Crippen molar-refractivity contribution >= 4 is 45.0 Å². The summed E-state index contributed by atoms with van der Waals surface area (Å²) in [5, 5.41) is 0.995. The van der Waals surface area contributed by atoms with Crippen molar-refractivity contribution in [3.63, 3.8) is 0 Å². The molecule has 7 heteroatoms. The lowest BCUT2D eigenvalue weighted by molar-refractivity contribution is -0.127. The van der Waals surface area contributed by atoms with Crippen LogP contribution < -0.4 is 0 Å². The molecule has 126 valence electrons. The van der Waals surface area contributed by atoms with E-state index in [1.54, 1.807) is 29.2 Å². The maximum absolute atomic E-state index is 12.5. The number of nitrogens with zero attached hydrogens (tertiary/aromatic N) is 1. The summed E-state index contributed by atoms with van der Waals surface area (Å²) in [5.74, 6) is 0.00609. The van der Waals surface area contributed by atoms with Crippen LogP contribution in [0.15, 0.2) is 24.3 Å². The molecule has 0 aliphatic carbocycles. The largest absolute Gasteiger partial charge is 0.335 e. The van der Waals surface area contributed by atoms with Gasteiger partial charge in [-0.05, 0) is 36.6 Å². The third kappa shape index (κ3) is 4.96. The molecule has 0 aromatic heterocycles. The Kier molecular flexibility index (Phi) is 6.12. The highest BCUT2D eigenvalue weighted by atomic mass is 35.5. The summed E-state index contributed by atoms with van der Waals surface area (Å²) >= 11 is 11.9. The molecule has 1 aromatic rings. The maximum atomic E-state index is 12.5. The summed E-state index contributed by atoms with van der Waals surface area (Å²) in [5.41, 5.74) is 0.694. The SMILES string of the molecule is CCCN(C(=O)/C=C/c1ccc(Cl)cc1Cl)C1CCS(=O)(=O)C1. The Morgan fingerprint density at radius 2 is 2.13 bits per heavy atom. The molecule has 0 radical (unpaired) electrons. The van der Waals surface area contributed by atoms with Crippen LogP contribution in [0, 0.1) is 0 Å². The van der Waals surface area contributed by atoms with Gasteiger partial charge >= 0.3 is 0 Å². The van der Waals surface area contributed by atoms with Crippen LogP contribution in [-0.2, 0) is 14.6 Å². The minimum absolute atomic E-state index is 0.0499. The first kappa shape index (κ1) is 18.3. The van der Waals surface area contributed by atoms with Gasteiger partial charge < -0.3 is 4.90 Å². The number of carbonyl (C=O) groups is 1. The highest BCUT2D eigenvalue weighted by molar-refractivity contribution is 7.91. The van der Waals surface area contributed by atoms with Crippen LogP contribution in [-0.4, -0.2) is 43.3 Å². The Labute approximate surface area is 147 Å². The average Bonchev–Trinajstić information content (AvgIpc) is 2.83. The quantitative estimate of drug-likeness (QED) is 0.740. The van der Waals surface area contributed by atoms with Gasteiger partial charge in [-0.3, -0.25) is 4.79 Å². The molecule has 0 N–H and O–H groups in total. The molecule has 2 rings (SSSR count). The van der Waals surface area contributed by atoms with Crippen LogP contribution in [0.25, 0.3) is 6.08 Å². The number of carbonyl (C=O) groups excluding carboxylic acids is 1. The van der Waals surface area contributed by atoms with E-state index in [0.717, 1.165) is 6.42 Å². The van der Waals surface area contributed by atoms with Gasteiger partial charge in [-0.2, -0.15) is 0 Å². The van der Waals surface area contributed by atoms with Crippen LogP contribution in [0.3, 0.4) is 0 Å². The van der Waals surface area contributed by atoms with Crippen molar-refractivity contribution < 1.29 is 13.2 Å². The molecule has 1 atom stereocenters. The minimum Gasteiger partial charge on any atom is -0.335 e. The topological polar surface area (TPSA) is 54.5 Å². The van der Waals surface area contributed by atoms with Crippen molar-refractivity contribution in [1.82, 2.24) is 4.90 Å². The molecule has 1 aliphatic rings. The summed E-state index contributed by atoms with van der Waals surface area (Å²) in [6, 6.07) is 4.81. The van der Waals surface area contributed by atoms with Crippen LogP contribution in [0.1, 0.15) is 25.3 Å². The molecule has 1 amide bonds. The van der Waals surface area contributed by atoms with Crippen molar-refractivity contribution in [3.8, 4) is 0 Å². The summed E-state index contributed by atoms with van der Waals surface area (Å²) in [6.45, 7) is 2.50. The zero-order chi connectivity index (χ0) is 17.0. The number of amides is 1. The molecule has 1 heterocycles. The van der Waals surface area contributed by atoms with E-state index >= 15 is 0 Å². The zero-order valence-corrected chi connectivity index (χ0v) is 15.2. The molecule has 1 aliphatic heterocycles. The molecule has 4 nitrogen and oxygen atoms in total. The van der Waals surface area contributed by atoms with Crippen LogP contribution in [0.2, 0.25) is 10.0 Å². The predicted molar refractivity (Wildman–Crippen MR) is 94.6 cm³/mol. The van der Waals surface area contributed by atoms with Crippen LogP contribution in [0.5, 0.6) is 0 Å². The zero-order valence-electron chi connectivity index (χ0n) is 12.8. The van der Waals surface area contributed by atoms with Crippen molar-refractivity contribution in [3.05, 3.63) is 39.9 Å².